The van der Waals surface area contributed by atoms with Crippen molar-refractivity contribution in [3.05, 3.63) is 65.7 Å². The molecule has 0 spiro atoms. The molecule has 0 saturated carbocycles. The minimum absolute atomic E-state index is 0.205. The van der Waals surface area contributed by atoms with Gasteiger partial charge in [-0.25, -0.2) is 14.8 Å². The summed E-state index contributed by atoms with van der Waals surface area (Å²) in [4.78, 5) is 32.4. The fourth-order valence-corrected chi connectivity index (χ4v) is 3.72. The molecule has 7 heteroatoms. The number of benzene rings is 2. The first-order valence-electron chi connectivity index (χ1n) is 9.09. The van der Waals surface area contributed by atoms with Gasteiger partial charge in [-0.2, -0.15) is 5.26 Å². The molecule has 2 fully saturated rings. The van der Waals surface area contributed by atoms with Gasteiger partial charge < -0.3 is 4.74 Å². The predicted octanol–water partition coefficient (Wildman–Crippen LogP) is 3.03. The number of hydrogen-bond acceptors (Lipinski definition) is 6. The highest BCUT2D eigenvalue weighted by Gasteiger charge is 2.49. The van der Waals surface area contributed by atoms with Gasteiger partial charge in [0.25, 0.3) is 0 Å². The quantitative estimate of drug-likeness (QED) is 0.818. The van der Waals surface area contributed by atoms with Crippen LogP contribution in [0, 0.1) is 17.2 Å². The molecule has 0 N–H and O–H groups in total. The van der Waals surface area contributed by atoms with Crippen molar-refractivity contribution in [2.45, 2.75) is 19.1 Å². The Morgan fingerprint density at radius 2 is 1.86 bits per heavy atom. The van der Waals surface area contributed by atoms with Crippen molar-refractivity contribution in [3.8, 4) is 6.07 Å². The van der Waals surface area contributed by atoms with E-state index in [0.29, 0.717) is 5.56 Å². The van der Waals surface area contributed by atoms with Crippen LogP contribution in [0.3, 0.4) is 0 Å². The Hall–Kier alpha value is -3.37. The number of carbonyl (C=O) groups excluding carboxylic acids is 2. The van der Waals surface area contributed by atoms with E-state index in [1.54, 1.807) is 17.2 Å². The zero-order valence-corrected chi connectivity index (χ0v) is 15.3. The molecule has 2 aliphatic rings. The van der Waals surface area contributed by atoms with Gasteiger partial charge in [0, 0.05) is 0 Å². The highest BCUT2D eigenvalue weighted by atomic mass is 16.7. The maximum absolute atomic E-state index is 13.2. The molecule has 2 aromatic carbocycles. The molecule has 0 radical (unpaired) electrons. The van der Waals surface area contributed by atoms with Crippen molar-refractivity contribution < 1.29 is 19.2 Å². The summed E-state index contributed by atoms with van der Waals surface area (Å²) in [5.74, 6) is -0.915. The molecule has 2 aliphatic heterocycles. The molecule has 0 unspecified atom stereocenters. The molecule has 7 nitrogen and oxygen atoms in total. The normalized spacial score (nSPS) is 24.1. The summed E-state index contributed by atoms with van der Waals surface area (Å²) in [6.07, 6.45) is -1.06. The summed E-state index contributed by atoms with van der Waals surface area (Å²) in [5.41, 5.74) is 2.18. The minimum Gasteiger partial charge on any atom is -0.447 e. The van der Waals surface area contributed by atoms with Gasteiger partial charge >= 0.3 is 6.09 Å². The van der Waals surface area contributed by atoms with Crippen LogP contribution in [0.2, 0.25) is 0 Å². The lowest BCUT2D eigenvalue weighted by atomic mass is 9.88. The van der Waals surface area contributed by atoms with E-state index in [0.717, 1.165) is 16.2 Å². The van der Waals surface area contributed by atoms with Gasteiger partial charge in [-0.15, -0.1) is 0 Å². The molecule has 2 amide bonds. The van der Waals surface area contributed by atoms with Crippen LogP contribution < -0.4 is 5.06 Å². The number of ether oxygens (including phenoxy) is 1. The Balaban J connectivity index is 1.75. The molecular weight excluding hydrogens is 358 g/mol. The number of hydrogen-bond donors (Lipinski definition) is 0. The molecule has 2 saturated heterocycles. The zero-order valence-electron chi connectivity index (χ0n) is 15.3. The van der Waals surface area contributed by atoms with Crippen molar-refractivity contribution in [3.63, 3.8) is 0 Å². The standard InChI is InChI=1S/C21H19N3O4/c1-14-18(20(25)23-11-12-27-21(23)26)19(16-9-7-15(13-22)8-10-16)24(28-14)17-5-3-2-4-6-17/h2-10,14,18-19H,11-12H2,1H3/t14-,18-,19+/m1/s1. The molecule has 4 rings (SSSR count). The number of anilines is 1. The Labute approximate surface area is 162 Å². The molecule has 3 atom stereocenters. The lowest BCUT2D eigenvalue weighted by Gasteiger charge is -2.28. The van der Waals surface area contributed by atoms with Gasteiger partial charge in [-0.1, -0.05) is 30.3 Å². The predicted molar refractivity (Wildman–Crippen MR) is 99.9 cm³/mol. The number of rotatable bonds is 3. The smallest absolute Gasteiger partial charge is 0.416 e. The molecule has 142 valence electrons. The number of hydroxylamine groups is 1. The van der Waals surface area contributed by atoms with Gasteiger partial charge in [0.05, 0.1) is 41.9 Å². The van der Waals surface area contributed by atoms with Crippen LogP contribution >= 0.6 is 0 Å². The van der Waals surface area contributed by atoms with Crippen molar-refractivity contribution in [1.82, 2.24) is 4.90 Å². The first-order chi connectivity index (χ1) is 13.6. The highest BCUT2D eigenvalue weighted by Crippen LogP contribution is 2.43. The SMILES string of the molecule is C[C@H]1ON(c2ccccc2)[C@@H](c2ccc(C#N)cc2)[C@@H]1C(=O)N1CCOC1=O. The molecule has 2 aromatic rings. The summed E-state index contributed by atoms with van der Waals surface area (Å²) >= 11 is 0. The highest BCUT2D eigenvalue weighted by molar-refractivity contribution is 5.95. The van der Waals surface area contributed by atoms with Gasteiger partial charge in [0.2, 0.25) is 5.91 Å². The maximum Gasteiger partial charge on any atom is 0.416 e. The van der Waals surface area contributed by atoms with Crippen molar-refractivity contribution in [2.75, 3.05) is 18.2 Å². The van der Waals surface area contributed by atoms with Gasteiger partial charge in [0.15, 0.2) is 0 Å². The number of carbonyl (C=O) groups is 2. The Morgan fingerprint density at radius 3 is 2.46 bits per heavy atom. The second-order valence-corrected chi connectivity index (χ2v) is 6.78. The van der Waals surface area contributed by atoms with Crippen molar-refractivity contribution in [1.29, 1.82) is 5.26 Å². The third-order valence-corrected chi connectivity index (χ3v) is 5.08. The van der Waals surface area contributed by atoms with E-state index in [4.69, 9.17) is 14.8 Å². The number of nitriles is 1. The third kappa shape index (κ3) is 3.08. The molecule has 0 aromatic heterocycles. The topological polar surface area (TPSA) is 82.9 Å². The van der Waals surface area contributed by atoms with Crippen LogP contribution in [0.5, 0.6) is 0 Å². The van der Waals surface area contributed by atoms with Crippen LogP contribution in [-0.4, -0.2) is 36.2 Å². The van der Waals surface area contributed by atoms with E-state index < -0.39 is 24.2 Å². The van der Waals surface area contributed by atoms with Crippen LogP contribution in [0.15, 0.2) is 54.6 Å². The van der Waals surface area contributed by atoms with Crippen LogP contribution in [0.1, 0.15) is 24.1 Å². The monoisotopic (exact) mass is 377 g/mol. The van der Waals surface area contributed by atoms with E-state index in [1.165, 1.54) is 0 Å². The number of cyclic esters (lactones) is 1. The van der Waals surface area contributed by atoms with E-state index >= 15 is 0 Å². The lowest BCUT2D eigenvalue weighted by molar-refractivity contribution is -0.133. The number of amides is 2. The van der Waals surface area contributed by atoms with Gasteiger partial charge in [-0.3, -0.25) is 9.63 Å². The average Bonchev–Trinajstić information content (AvgIpc) is 3.31. The Morgan fingerprint density at radius 1 is 1.14 bits per heavy atom. The van der Waals surface area contributed by atoms with Crippen molar-refractivity contribution >= 4 is 17.7 Å². The first kappa shape index (κ1) is 18.0. The maximum atomic E-state index is 13.2. The molecule has 2 heterocycles. The van der Waals surface area contributed by atoms with Crippen LogP contribution in [-0.2, 0) is 14.4 Å². The molecule has 0 aliphatic carbocycles. The summed E-state index contributed by atoms with van der Waals surface area (Å²) in [5, 5.41) is 10.8. The first-order valence-corrected chi connectivity index (χ1v) is 9.09. The summed E-state index contributed by atoms with van der Waals surface area (Å²) in [7, 11) is 0. The van der Waals surface area contributed by atoms with Crippen molar-refractivity contribution in [2.24, 2.45) is 5.92 Å². The molecule has 0 bridgehead atoms. The van der Waals surface area contributed by atoms with E-state index in [1.807, 2.05) is 49.4 Å². The van der Waals surface area contributed by atoms with Gasteiger partial charge in [0.1, 0.15) is 6.61 Å². The molecule has 28 heavy (non-hydrogen) atoms. The van der Waals surface area contributed by atoms with E-state index in [9.17, 15) is 9.59 Å². The Bertz CT molecular complexity index is 923. The largest absolute Gasteiger partial charge is 0.447 e. The number of para-hydroxylation sites is 1. The summed E-state index contributed by atoms with van der Waals surface area (Å²) < 4.78 is 4.94. The summed E-state index contributed by atoms with van der Waals surface area (Å²) in [6.45, 7) is 2.27. The van der Waals surface area contributed by atoms with Gasteiger partial charge in [-0.05, 0) is 36.8 Å². The average molecular weight is 377 g/mol. The fourth-order valence-electron chi connectivity index (χ4n) is 3.72. The fraction of sp³-hybridized carbons (Fsp3) is 0.286. The minimum atomic E-state index is -0.617. The lowest BCUT2D eigenvalue weighted by Crippen LogP contribution is -2.41. The second kappa shape index (κ2) is 7.33. The number of imide groups is 1. The van der Waals surface area contributed by atoms with Crippen LogP contribution in [0.4, 0.5) is 10.5 Å². The van der Waals surface area contributed by atoms with Crippen LogP contribution in [0.25, 0.3) is 0 Å². The van der Waals surface area contributed by atoms with E-state index in [-0.39, 0.29) is 19.1 Å². The third-order valence-electron chi connectivity index (χ3n) is 5.08. The number of nitrogens with zero attached hydrogens (tertiary/aromatic N) is 3. The van der Waals surface area contributed by atoms with E-state index in [2.05, 4.69) is 6.07 Å². The molecular formula is C21H19N3O4. The second-order valence-electron chi connectivity index (χ2n) is 6.78. The summed E-state index contributed by atoms with van der Waals surface area (Å²) in [6, 6.07) is 18.2. The zero-order chi connectivity index (χ0) is 19.7. The Kier molecular flexibility index (Phi) is 4.72.